The molecule has 15 nitrogen and oxygen atoms in total. The van der Waals surface area contributed by atoms with Crippen molar-refractivity contribution in [2.75, 3.05) is 114 Å². The molecule has 75 heavy (non-hydrogen) atoms. The predicted octanol–water partition coefficient (Wildman–Crippen LogP) is 8.24. The molecule has 4 aromatic rings. The number of carboxylic acid groups (broad SMARTS) is 1. The molecule has 22 heteroatoms. The third kappa shape index (κ3) is 16.6. The molecule has 2 saturated heterocycles. The molecule has 0 radical (unpaired) electrons. The highest BCUT2D eigenvalue weighted by Gasteiger charge is 2.48. The van der Waals surface area contributed by atoms with Crippen LogP contribution in [0.3, 0.4) is 0 Å². The number of aliphatic carboxylic acids is 1. The molecule has 2 aliphatic heterocycles. The summed E-state index contributed by atoms with van der Waals surface area (Å²) in [5, 5.41) is 12.4. The number of alkyl halides is 3. The van der Waals surface area contributed by atoms with Crippen molar-refractivity contribution in [1.82, 2.24) is 19.4 Å². The molecule has 7 rings (SSSR count). The number of thioether (sulfide) groups is 1. The number of anilines is 2. The van der Waals surface area contributed by atoms with Gasteiger partial charge in [0.25, 0.3) is 25.8 Å². The fraction of sp³-hybridized carbons (Fsp3) is 0.472. The van der Waals surface area contributed by atoms with Gasteiger partial charge in [0.05, 0.1) is 30.4 Å². The zero-order chi connectivity index (χ0) is 53.8. The lowest BCUT2D eigenvalue weighted by atomic mass is 9.73. The summed E-state index contributed by atoms with van der Waals surface area (Å²) in [4.78, 5) is 31.9. The Kier molecular flexibility index (Phi) is 20.2. The van der Waals surface area contributed by atoms with Crippen LogP contribution in [0.2, 0.25) is 5.02 Å². The molecule has 408 valence electrons. The number of halogens is 4. The molecule has 1 atom stereocenters. The monoisotopic (exact) mass is 1120 g/mol. The molecule has 0 bridgehead atoms. The Morgan fingerprint density at radius 1 is 0.800 bits per heavy atom. The molecular formula is C53H66ClF3N6O9S3. The van der Waals surface area contributed by atoms with Gasteiger partial charge in [0.1, 0.15) is 11.5 Å². The van der Waals surface area contributed by atoms with E-state index in [0.29, 0.717) is 56.0 Å². The second kappa shape index (κ2) is 26.1. The number of ether oxygens (including phenoxy) is 2. The summed E-state index contributed by atoms with van der Waals surface area (Å²) >= 11 is 7.63. The van der Waals surface area contributed by atoms with Crippen LogP contribution in [0.1, 0.15) is 55.5 Å². The largest absolute Gasteiger partial charge is 0.501 e. The maximum Gasteiger partial charge on any atom is 0.501 e. The summed E-state index contributed by atoms with van der Waals surface area (Å²) in [6.45, 7) is 13.1. The highest BCUT2D eigenvalue weighted by atomic mass is 35.5. The Balaban J connectivity index is 0.975. The number of sulfone groups is 1. The number of carboxylic acids is 1. The van der Waals surface area contributed by atoms with E-state index in [2.05, 4.69) is 50.9 Å². The van der Waals surface area contributed by atoms with Crippen LogP contribution in [-0.2, 0) is 34.1 Å². The van der Waals surface area contributed by atoms with Crippen LogP contribution in [0.15, 0.2) is 117 Å². The normalized spacial score (nSPS) is 17.7. The first-order valence-corrected chi connectivity index (χ1v) is 29.3. The SMILES string of the molecule is CC1(C)CCC(c2ccc(Cl)cc2)=C(CN2CCN(c3ccc(C(=O)NS(=O)(=O)c4ccc(N[C@H](CCN5CCN(CCOCCOCC(=O)O)CC5)CSc5ccccc5)c(S(=O)(=O)C(F)(F)F)c4)cc3)CC2)C1. The molecule has 4 aromatic carbocycles. The summed E-state index contributed by atoms with van der Waals surface area (Å²) in [5.74, 6) is -1.76. The number of piperazine rings is 2. The number of carbonyl (C=O) groups excluding carboxylic acids is 1. The van der Waals surface area contributed by atoms with Crippen molar-refractivity contribution in [1.29, 1.82) is 0 Å². The average molecular weight is 1120 g/mol. The van der Waals surface area contributed by atoms with E-state index >= 15 is 0 Å². The van der Waals surface area contributed by atoms with Crippen molar-refractivity contribution in [2.24, 2.45) is 5.41 Å². The molecule has 0 saturated carbocycles. The number of hydrogen-bond donors (Lipinski definition) is 3. The van der Waals surface area contributed by atoms with Crippen molar-refractivity contribution < 1.29 is 54.2 Å². The fourth-order valence-corrected chi connectivity index (χ4v) is 12.6. The van der Waals surface area contributed by atoms with E-state index < -0.39 is 58.8 Å². The van der Waals surface area contributed by atoms with E-state index in [-0.39, 0.29) is 30.8 Å². The van der Waals surface area contributed by atoms with Crippen LogP contribution in [-0.4, -0.2) is 164 Å². The maximum absolute atomic E-state index is 14.4. The van der Waals surface area contributed by atoms with E-state index in [0.717, 1.165) is 87.8 Å². The third-order valence-corrected chi connectivity index (χ3v) is 18.0. The molecule has 2 fully saturated rings. The highest BCUT2D eigenvalue weighted by molar-refractivity contribution is 7.99. The fourth-order valence-electron chi connectivity index (χ4n) is 9.48. The van der Waals surface area contributed by atoms with Crippen molar-refractivity contribution in [3.05, 3.63) is 119 Å². The number of nitrogens with zero attached hydrogens (tertiary/aromatic N) is 4. The summed E-state index contributed by atoms with van der Waals surface area (Å²) in [5.41, 5.74) is -1.15. The van der Waals surface area contributed by atoms with E-state index in [1.807, 2.05) is 47.2 Å². The first kappa shape index (κ1) is 58.0. The summed E-state index contributed by atoms with van der Waals surface area (Å²) < 4.78 is 109. The molecule has 1 aliphatic carbocycles. The Bertz CT molecular complexity index is 2810. The number of sulfonamides is 1. The van der Waals surface area contributed by atoms with Gasteiger partial charge in [0.2, 0.25) is 0 Å². The van der Waals surface area contributed by atoms with Crippen LogP contribution < -0.4 is 14.9 Å². The summed E-state index contributed by atoms with van der Waals surface area (Å²) in [6, 6.07) is 25.6. The van der Waals surface area contributed by atoms with Gasteiger partial charge in [-0.05, 0) is 109 Å². The first-order valence-electron chi connectivity index (χ1n) is 25.0. The zero-order valence-electron chi connectivity index (χ0n) is 42.2. The molecule has 2 heterocycles. The number of amides is 1. The maximum atomic E-state index is 14.4. The third-order valence-electron chi connectivity index (χ3n) is 13.7. The van der Waals surface area contributed by atoms with Gasteiger partial charge < -0.3 is 29.7 Å². The van der Waals surface area contributed by atoms with Crippen LogP contribution in [0.25, 0.3) is 5.57 Å². The molecule has 0 spiro atoms. The Morgan fingerprint density at radius 2 is 1.44 bits per heavy atom. The van der Waals surface area contributed by atoms with Crippen LogP contribution in [0, 0.1) is 5.41 Å². The van der Waals surface area contributed by atoms with Gasteiger partial charge in [-0.2, -0.15) is 13.2 Å². The topological polar surface area (TPSA) is 178 Å². The molecule has 3 N–H and O–H groups in total. The van der Waals surface area contributed by atoms with Gasteiger partial charge in [-0.15, -0.1) is 11.8 Å². The lowest BCUT2D eigenvalue weighted by Crippen LogP contribution is -2.48. The van der Waals surface area contributed by atoms with E-state index in [1.165, 1.54) is 40.6 Å². The first-order chi connectivity index (χ1) is 35.7. The van der Waals surface area contributed by atoms with E-state index in [1.54, 1.807) is 12.1 Å². The Labute approximate surface area is 447 Å². The van der Waals surface area contributed by atoms with Gasteiger partial charge in [0.15, 0.2) is 0 Å². The van der Waals surface area contributed by atoms with E-state index in [4.69, 9.17) is 26.2 Å². The van der Waals surface area contributed by atoms with Gasteiger partial charge in [0, 0.05) is 105 Å². The quantitative estimate of drug-likeness (QED) is 0.0451. The number of benzene rings is 4. The lowest BCUT2D eigenvalue weighted by molar-refractivity contribution is -0.142. The number of hydrogen-bond acceptors (Lipinski definition) is 14. The number of nitrogens with one attached hydrogen (secondary N) is 2. The van der Waals surface area contributed by atoms with Gasteiger partial charge in [-0.25, -0.2) is 26.4 Å². The Morgan fingerprint density at radius 3 is 2.09 bits per heavy atom. The number of carbonyl (C=O) groups is 2. The lowest BCUT2D eigenvalue weighted by Gasteiger charge is -2.39. The Hall–Kier alpha value is -4.71. The number of rotatable bonds is 24. The van der Waals surface area contributed by atoms with Crippen LogP contribution in [0.5, 0.6) is 0 Å². The van der Waals surface area contributed by atoms with Gasteiger partial charge in [-0.1, -0.05) is 61.4 Å². The van der Waals surface area contributed by atoms with Crippen LogP contribution in [0.4, 0.5) is 24.5 Å². The number of allylic oxidation sites excluding steroid dienone is 1. The molecule has 0 unspecified atom stereocenters. The van der Waals surface area contributed by atoms with Crippen molar-refractivity contribution >= 4 is 72.0 Å². The minimum absolute atomic E-state index is 0.0181. The standard InChI is InChI=1S/C53H66ClF3N6O9S3/c1-52(2)20-18-47(39-8-12-42(54)13-9-39)41(35-52)36-62-26-28-63(29-27-62)44-14-10-40(11-15-44)51(66)59-75(69,70)46-16-17-48(49(34-46)74(67,68)53(55,56)57)58-43(38-73-45-6-4-3-5-7-45)19-21-60-22-24-61(25-23-60)30-31-71-32-33-72-37-50(64)65/h3-17,34,43,58H,18-33,35-38H2,1-2H3,(H,59,66)(H,64,65)/t43-/m1/s1. The average Bonchev–Trinajstić information content (AvgIpc) is 3.38. The van der Waals surface area contributed by atoms with Gasteiger partial charge in [-0.3, -0.25) is 14.6 Å². The van der Waals surface area contributed by atoms with E-state index in [9.17, 15) is 39.6 Å². The van der Waals surface area contributed by atoms with Crippen molar-refractivity contribution in [3.63, 3.8) is 0 Å². The van der Waals surface area contributed by atoms with Crippen molar-refractivity contribution in [2.45, 2.75) is 65.8 Å². The minimum atomic E-state index is -6.11. The van der Waals surface area contributed by atoms with Crippen LogP contribution >= 0.6 is 23.4 Å². The summed E-state index contributed by atoms with van der Waals surface area (Å²) in [7, 11) is -11.0. The highest BCUT2D eigenvalue weighted by Crippen LogP contribution is 2.43. The smallest absolute Gasteiger partial charge is 0.480 e. The summed E-state index contributed by atoms with van der Waals surface area (Å²) in [6.07, 6.45) is 3.53. The molecule has 1 amide bonds. The second-order valence-corrected chi connectivity index (χ2v) is 24.9. The van der Waals surface area contributed by atoms with Crippen molar-refractivity contribution in [3.8, 4) is 0 Å². The molecular weight excluding hydrogens is 1050 g/mol. The van der Waals surface area contributed by atoms with Gasteiger partial charge >= 0.3 is 11.5 Å². The zero-order valence-corrected chi connectivity index (χ0v) is 45.4. The second-order valence-electron chi connectivity index (χ2n) is 19.8. The molecule has 0 aromatic heterocycles. The minimum Gasteiger partial charge on any atom is -0.480 e. The predicted molar refractivity (Wildman–Crippen MR) is 287 cm³/mol. The molecule has 3 aliphatic rings.